The van der Waals surface area contributed by atoms with Gasteiger partial charge in [-0.15, -0.1) is 0 Å². The maximum Gasteiger partial charge on any atom is 0.340 e. The Morgan fingerprint density at radius 1 is 1.17 bits per heavy atom. The van der Waals surface area contributed by atoms with Gasteiger partial charge in [0.1, 0.15) is 17.1 Å². The molecule has 0 unspecified atom stereocenters. The van der Waals surface area contributed by atoms with E-state index in [-0.39, 0.29) is 24.4 Å². The van der Waals surface area contributed by atoms with Crippen molar-refractivity contribution in [3.05, 3.63) is 69.6 Å². The Morgan fingerprint density at radius 2 is 1.90 bits per heavy atom. The molecule has 1 aromatic heterocycles. The molecule has 0 bridgehead atoms. The third kappa shape index (κ3) is 4.41. The number of aryl methyl sites for hydroxylation is 1. The lowest BCUT2D eigenvalue weighted by Gasteiger charge is -2.14. The van der Waals surface area contributed by atoms with Gasteiger partial charge in [0, 0.05) is 18.7 Å². The van der Waals surface area contributed by atoms with E-state index < -0.39 is 11.7 Å². The molecule has 0 saturated heterocycles. The van der Waals surface area contributed by atoms with Crippen LogP contribution in [-0.2, 0) is 11.2 Å². The first-order chi connectivity index (χ1) is 13.9. The number of methoxy groups -OCH3 is 2. The molecule has 0 radical (unpaired) electrons. The van der Waals surface area contributed by atoms with E-state index in [2.05, 4.69) is 5.32 Å². The van der Waals surface area contributed by atoms with Crippen LogP contribution >= 0.6 is 0 Å². The zero-order valence-corrected chi connectivity index (χ0v) is 16.5. The Labute approximate surface area is 167 Å². The number of amides is 1. The van der Waals surface area contributed by atoms with E-state index in [4.69, 9.17) is 13.9 Å². The van der Waals surface area contributed by atoms with Gasteiger partial charge in [-0.25, -0.2) is 4.79 Å². The summed E-state index contributed by atoms with van der Waals surface area (Å²) in [5, 5.41) is 13.4. The molecule has 1 atom stereocenters. The predicted octanol–water partition coefficient (Wildman–Crippen LogP) is 2.51. The second-order valence-corrected chi connectivity index (χ2v) is 6.60. The molecule has 7 heteroatoms. The lowest BCUT2D eigenvalue weighted by atomic mass is 10.0. The van der Waals surface area contributed by atoms with Crippen molar-refractivity contribution in [1.29, 1.82) is 0 Å². The van der Waals surface area contributed by atoms with Crippen molar-refractivity contribution >= 4 is 16.9 Å². The monoisotopic (exact) mass is 397 g/mol. The van der Waals surface area contributed by atoms with Gasteiger partial charge in [-0.2, -0.15) is 0 Å². The summed E-state index contributed by atoms with van der Waals surface area (Å²) in [6.07, 6.45) is -0.998. The number of fused-ring (bicyclic) bond motifs is 1. The third-order valence-corrected chi connectivity index (χ3v) is 4.79. The van der Waals surface area contributed by atoms with Crippen molar-refractivity contribution in [2.45, 2.75) is 19.4 Å². The minimum absolute atomic E-state index is 0.0430. The van der Waals surface area contributed by atoms with Gasteiger partial charge in [-0.05, 0) is 18.1 Å². The first kappa shape index (κ1) is 20.4. The molecule has 0 saturated carbocycles. The predicted molar refractivity (Wildman–Crippen MR) is 108 cm³/mol. The minimum atomic E-state index is -0.832. The average Bonchev–Trinajstić information content (AvgIpc) is 2.74. The zero-order chi connectivity index (χ0) is 21.0. The number of carbonyl (C=O) groups excluding carboxylic acids is 1. The summed E-state index contributed by atoms with van der Waals surface area (Å²) in [4.78, 5) is 24.9. The summed E-state index contributed by atoms with van der Waals surface area (Å²) in [6, 6.07) is 12.3. The van der Waals surface area contributed by atoms with E-state index in [9.17, 15) is 14.7 Å². The molecule has 29 heavy (non-hydrogen) atoms. The van der Waals surface area contributed by atoms with Crippen LogP contribution in [0.3, 0.4) is 0 Å². The highest BCUT2D eigenvalue weighted by atomic mass is 16.5. The van der Waals surface area contributed by atoms with Gasteiger partial charge in [0.15, 0.2) is 0 Å². The van der Waals surface area contributed by atoms with Crippen LogP contribution in [0.5, 0.6) is 11.5 Å². The molecule has 0 fully saturated rings. The molecular weight excluding hydrogens is 374 g/mol. The summed E-state index contributed by atoms with van der Waals surface area (Å²) in [6.45, 7) is 1.79. The molecule has 2 aromatic carbocycles. The molecule has 1 heterocycles. The second-order valence-electron chi connectivity index (χ2n) is 6.60. The van der Waals surface area contributed by atoms with Crippen molar-refractivity contribution < 1.29 is 23.8 Å². The molecule has 152 valence electrons. The van der Waals surface area contributed by atoms with Crippen LogP contribution in [0.25, 0.3) is 11.0 Å². The van der Waals surface area contributed by atoms with E-state index in [0.29, 0.717) is 33.6 Å². The van der Waals surface area contributed by atoms with Crippen LogP contribution in [0.1, 0.15) is 22.8 Å². The highest BCUT2D eigenvalue weighted by Gasteiger charge is 2.19. The molecule has 2 N–H and O–H groups in total. The highest BCUT2D eigenvalue weighted by molar-refractivity contribution is 5.90. The smallest absolute Gasteiger partial charge is 0.340 e. The lowest BCUT2D eigenvalue weighted by Crippen LogP contribution is -2.31. The van der Waals surface area contributed by atoms with Crippen LogP contribution in [0.2, 0.25) is 0 Å². The molecule has 3 aromatic rings. The molecule has 0 aliphatic carbocycles. The van der Waals surface area contributed by atoms with Crippen molar-refractivity contribution in [2.75, 3.05) is 20.8 Å². The second kappa shape index (κ2) is 8.79. The van der Waals surface area contributed by atoms with Gasteiger partial charge in [0.2, 0.25) is 5.91 Å². The van der Waals surface area contributed by atoms with E-state index in [1.807, 2.05) is 18.2 Å². The van der Waals surface area contributed by atoms with E-state index in [0.717, 1.165) is 0 Å². The van der Waals surface area contributed by atoms with Gasteiger partial charge in [0.05, 0.1) is 37.7 Å². The van der Waals surface area contributed by atoms with Crippen LogP contribution < -0.4 is 20.4 Å². The molecule has 1 amide bonds. The Morgan fingerprint density at radius 3 is 2.55 bits per heavy atom. The molecule has 0 aliphatic heterocycles. The van der Waals surface area contributed by atoms with Gasteiger partial charge < -0.3 is 24.3 Å². The third-order valence-electron chi connectivity index (χ3n) is 4.79. The topological polar surface area (TPSA) is 98.0 Å². The fourth-order valence-electron chi connectivity index (χ4n) is 3.19. The summed E-state index contributed by atoms with van der Waals surface area (Å²) in [7, 11) is 3.02. The van der Waals surface area contributed by atoms with E-state index >= 15 is 0 Å². The molecule has 0 spiro atoms. The SMILES string of the molecule is COc1cc(OC)c2c(C)c(CC(=O)NC[C@H](O)c3ccccc3)c(=O)oc2c1. The van der Waals surface area contributed by atoms with Gasteiger partial charge >= 0.3 is 5.63 Å². The van der Waals surface area contributed by atoms with Crippen molar-refractivity contribution in [2.24, 2.45) is 0 Å². The van der Waals surface area contributed by atoms with Crippen LogP contribution in [0.15, 0.2) is 51.7 Å². The number of rotatable bonds is 7. The quantitative estimate of drug-likeness (QED) is 0.595. The summed E-state index contributed by atoms with van der Waals surface area (Å²) >= 11 is 0. The molecule has 0 aliphatic rings. The van der Waals surface area contributed by atoms with Crippen LogP contribution in [0.4, 0.5) is 0 Å². The number of aliphatic hydroxyl groups is 1. The number of benzene rings is 2. The lowest BCUT2D eigenvalue weighted by molar-refractivity contribution is -0.120. The van der Waals surface area contributed by atoms with Crippen molar-refractivity contribution in [3.63, 3.8) is 0 Å². The first-order valence-corrected chi connectivity index (χ1v) is 9.12. The van der Waals surface area contributed by atoms with Crippen LogP contribution in [0, 0.1) is 6.92 Å². The molecule has 7 nitrogen and oxygen atoms in total. The van der Waals surface area contributed by atoms with Gasteiger partial charge in [-0.1, -0.05) is 30.3 Å². The minimum Gasteiger partial charge on any atom is -0.496 e. The number of aliphatic hydroxyl groups excluding tert-OH is 1. The fraction of sp³-hybridized carbons (Fsp3) is 0.273. The summed E-state index contributed by atoms with van der Waals surface area (Å²) in [5.41, 5.74) is 1.28. The van der Waals surface area contributed by atoms with E-state index in [1.165, 1.54) is 14.2 Å². The average molecular weight is 397 g/mol. The summed E-state index contributed by atoms with van der Waals surface area (Å²) in [5.74, 6) is 0.598. The number of ether oxygens (including phenoxy) is 2. The number of carbonyl (C=O) groups is 1. The molecular formula is C22H23NO6. The zero-order valence-electron chi connectivity index (χ0n) is 16.5. The number of nitrogens with one attached hydrogen (secondary N) is 1. The standard InChI is InChI=1S/C22H23NO6/c1-13-16(11-20(25)23-12-17(24)14-7-5-4-6-8-14)22(26)29-19-10-15(27-2)9-18(28-3)21(13)19/h4-10,17,24H,11-12H2,1-3H3,(H,23,25)/t17-/m0/s1. The Kier molecular flexibility index (Phi) is 6.19. The maximum absolute atomic E-state index is 12.5. The Bertz CT molecular complexity index is 1070. The Balaban J connectivity index is 1.82. The highest BCUT2D eigenvalue weighted by Crippen LogP contribution is 2.33. The van der Waals surface area contributed by atoms with Crippen molar-refractivity contribution in [3.8, 4) is 11.5 Å². The maximum atomic E-state index is 12.5. The van der Waals surface area contributed by atoms with Gasteiger partial charge in [-0.3, -0.25) is 4.79 Å². The van der Waals surface area contributed by atoms with Gasteiger partial charge in [0.25, 0.3) is 0 Å². The number of hydrogen-bond acceptors (Lipinski definition) is 6. The first-order valence-electron chi connectivity index (χ1n) is 9.12. The molecule has 3 rings (SSSR count). The fourth-order valence-corrected chi connectivity index (χ4v) is 3.19. The van der Waals surface area contributed by atoms with Crippen LogP contribution in [-0.4, -0.2) is 31.8 Å². The van der Waals surface area contributed by atoms with E-state index in [1.54, 1.807) is 31.2 Å². The largest absolute Gasteiger partial charge is 0.496 e. The van der Waals surface area contributed by atoms with Crippen molar-refractivity contribution in [1.82, 2.24) is 5.32 Å². The normalized spacial score (nSPS) is 11.9. The summed E-state index contributed by atoms with van der Waals surface area (Å²) < 4.78 is 16.0. The number of hydrogen-bond donors (Lipinski definition) is 2. The Hall–Kier alpha value is -3.32.